The molecule has 0 aliphatic rings. The van der Waals surface area contributed by atoms with Crippen LogP contribution in [0, 0.1) is 0 Å². The summed E-state index contributed by atoms with van der Waals surface area (Å²) >= 11 is 5.91. The first-order valence-corrected chi connectivity index (χ1v) is 4.91. The summed E-state index contributed by atoms with van der Waals surface area (Å²) in [4.78, 5) is 5.57. The molecule has 0 unspecified atom stereocenters. The molecule has 1 heterocycles. The van der Waals surface area contributed by atoms with Gasteiger partial charge in [-0.15, -0.1) is 11.3 Å². The summed E-state index contributed by atoms with van der Waals surface area (Å²) in [6.45, 7) is 2.17. The van der Waals surface area contributed by atoms with Gasteiger partial charge in [0.25, 0.3) is 0 Å². The topological polar surface area (TPSA) is 12.9 Å². The van der Waals surface area contributed by atoms with Crippen molar-refractivity contribution in [1.29, 1.82) is 0 Å². The highest BCUT2D eigenvalue weighted by Crippen LogP contribution is 2.16. The van der Waals surface area contributed by atoms with Gasteiger partial charge in [0.1, 0.15) is 0 Å². The van der Waals surface area contributed by atoms with Gasteiger partial charge in [-0.25, -0.2) is 4.98 Å². The molecule has 0 saturated heterocycles. The number of thiazole rings is 1. The van der Waals surface area contributed by atoms with E-state index in [1.54, 1.807) is 11.3 Å². The molecule has 0 aliphatic carbocycles. The van der Waals surface area contributed by atoms with Crippen LogP contribution < -0.4 is 0 Å². The van der Waals surface area contributed by atoms with Gasteiger partial charge in [-0.05, 0) is 6.42 Å². The SMILES string of the molecule is CCCc1ncsc1CS. The predicted octanol–water partition coefficient (Wildman–Crippen LogP) is 2.53. The minimum absolute atomic E-state index is 0.833. The van der Waals surface area contributed by atoms with E-state index in [9.17, 15) is 0 Å². The molecular formula is C7H11NS2. The van der Waals surface area contributed by atoms with Gasteiger partial charge in [0.05, 0.1) is 11.2 Å². The van der Waals surface area contributed by atoms with Gasteiger partial charge >= 0.3 is 0 Å². The summed E-state index contributed by atoms with van der Waals surface area (Å²) < 4.78 is 0. The quantitative estimate of drug-likeness (QED) is 0.693. The van der Waals surface area contributed by atoms with E-state index < -0.39 is 0 Å². The third-order valence-electron chi connectivity index (χ3n) is 1.36. The first-order chi connectivity index (χ1) is 4.88. The molecule has 1 aromatic heterocycles. The maximum Gasteiger partial charge on any atom is 0.0798 e. The molecule has 0 aromatic carbocycles. The van der Waals surface area contributed by atoms with Crippen molar-refractivity contribution in [3.8, 4) is 0 Å². The van der Waals surface area contributed by atoms with Crippen LogP contribution in [0.5, 0.6) is 0 Å². The van der Waals surface area contributed by atoms with Crippen molar-refractivity contribution in [3.63, 3.8) is 0 Å². The van der Waals surface area contributed by atoms with Gasteiger partial charge in [0.2, 0.25) is 0 Å². The van der Waals surface area contributed by atoms with Crippen molar-refractivity contribution in [1.82, 2.24) is 4.98 Å². The van der Waals surface area contributed by atoms with E-state index in [0.29, 0.717) is 0 Å². The highest BCUT2D eigenvalue weighted by molar-refractivity contribution is 7.79. The molecule has 56 valence electrons. The fourth-order valence-electron chi connectivity index (χ4n) is 0.863. The Morgan fingerprint density at radius 3 is 3.10 bits per heavy atom. The first kappa shape index (κ1) is 8.08. The van der Waals surface area contributed by atoms with Gasteiger partial charge in [0.15, 0.2) is 0 Å². The summed E-state index contributed by atoms with van der Waals surface area (Å²) in [6, 6.07) is 0. The van der Waals surface area contributed by atoms with Crippen LogP contribution in [0.4, 0.5) is 0 Å². The van der Waals surface area contributed by atoms with Gasteiger partial charge in [-0.2, -0.15) is 12.6 Å². The predicted molar refractivity (Wildman–Crippen MR) is 48.8 cm³/mol. The number of nitrogens with zero attached hydrogens (tertiary/aromatic N) is 1. The van der Waals surface area contributed by atoms with Crippen molar-refractivity contribution >= 4 is 24.0 Å². The van der Waals surface area contributed by atoms with Crippen molar-refractivity contribution in [3.05, 3.63) is 16.1 Å². The zero-order valence-electron chi connectivity index (χ0n) is 6.00. The second-order valence-electron chi connectivity index (χ2n) is 2.13. The molecule has 0 radical (unpaired) electrons. The second-order valence-corrected chi connectivity index (χ2v) is 3.39. The molecule has 0 atom stereocenters. The van der Waals surface area contributed by atoms with Crippen LogP contribution >= 0.6 is 24.0 Å². The van der Waals surface area contributed by atoms with Crippen LogP contribution in [0.1, 0.15) is 23.9 Å². The van der Waals surface area contributed by atoms with Crippen molar-refractivity contribution in [2.75, 3.05) is 0 Å². The molecule has 1 rings (SSSR count). The molecule has 0 spiro atoms. The molecule has 1 nitrogen and oxygen atoms in total. The van der Waals surface area contributed by atoms with Crippen LogP contribution in [0.15, 0.2) is 5.51 Å². The Kier molecular flexibility index (Phi) is 3.22. The standard InChI is InChI=1S/C7H11NS2/c1-2-3-6-7(4-9)10-5-8-6/h5,9H,2-4H2,1H3. The molecular weight excluding hydrogens is 162 g/mol. The third-order valence-corrected chi connectivity index (χ3v) is 2.76. The molecule has 10 heavy (non-hydrogen) atoms. The Hall–Kier alpha value is -0.0200. The Balaban J connectivity index is 2.70. The molecule has 0 saturated carbocycles. The van der Waals surface area contributed by atoms with Gasteiger partial charge in [-0.1, -0.05) is 13.3 Å². The minimum Gasteiger partial charge on any atom is -0.249 e. The normalized spacial score (nSPS) is 10.2. The summed E-state index contributed by atoms with van der Waals surface area (Å²) in [5, 5.41) is 0. The highest BCUT2D eigenvalue weighted by Gasteiger charge is 2.01. The second kappa shape index (κ2) is 3.98. The van der Waals surface area contributed by atoms with Crippen molar-refractivity contribution in [2.24, 2.45) is 0 Å². The largest absolute Gasteiger partial charge is 0.249 e. The Labute approximate surface area is 70.9 Å². The van der Waals surface area contributed by atoms with Crippen LogP contribution in [-0.2, 0) is 12.2 Å². The number of hydrogen-bond donors (Lipinski definition) is 1. The lowest BCUT2D eigenvalue weighted by molar-refractivity contribution is 0.884. The van der Waals surface area contributed by atoms with Gasteiger partial charge in [-0.3, -0.25) is 0 Å². The number of hydrogen-bond acceptors (Lipinski definition) is 3. The zero-order valence-corrected chi connectivity index (χ0v) is 7.71. The Morgan fingerprint density at radius 1 is 1.70 bits per heavy atom. The summed E-state index contributed by atoms with van der Waals surface area (Å²) in [5.74, 6) is 0.833. The Bertz CT molecular complexity index is 195. The number of aryl methyl sites for hydroxylation is 1. The van der Waals surface area contributed by atoms with Gasteiger partial charge < -0.3 is 0 Å². The van der Waals surface area contributed by atoms with E-state index in [0.717, 1.165) is 12.2 Å². The number of thiol groups is 1. The third kappa shape index (κ3) is 1.73. The zero-order chi connectivity index (χ0) is 7.40. The molecule has 1 aromatic rings. The van der Waals surface area contributed by atoms with Crippen LogP contribution in [0.2, 0.25) is 0 Å². The van der Waals surface area contributed by atoms with E-state index in [-0.39, 0.29) is 0 Å². The lowest BCUT2D eigenvalue weighted by atomic mass is 10.2. The molecule has 0 amide bonds. The average Bonchev–Trinajstić information content (AvgIpc) is 2.36. The minimum atomic E-state index is 0.833. The molecule has 3 heteroatoms. The molecule has 0 bridgehead atoms. The number of aromatic nitrogens is 1. The van der Waals surface area contributed by atoms with Crippen LogP contribution in [0.25, 0.3) is 0 Å². The van der Waals surface area contributed by atoms with E-state index in [1.165, 1.54) is 17.0 Å². The van der Waals surface area contributed by atoms with E-state index >= 15 is 0 Å². The van der Waals surface area contributed by atoms with E-state index in [2.05, 4.69) is 24.5 Å². The highest BCUT2D eigenvalue weighted by atomic mass is 32.1. The van der Waals surface area contributed by atoms with Gasteiger partial charge in [0, 0.05) is 10.6 Å². The van der Waals surface area contributed by atoms with E-state index in [4.69, 9.17) is 0 Å². The van der Waals surface area contributed by atoms with Crippen LogP contribution in [-0.4, -0.2) is 4.98 Å². The lowest BCUT2D eigenvalue weighted by Gasteiger charge is -1.94. The molecule has 0 aliphatic heterocycles. The molecule has 0 fully saturated rings. The summed E-state index contributed by atoms with van der Waals surface area (Å²) in [5.41, 5.74) is 3.14. The fourth-order valence-corrected chi connectivity index (χ4v) is 1.94. The van der Waals surface area contributed by atoms with Crippen molar-refractivity contribution in [2.45, 2.75) is 25.5 Å². The van der Waals surface area contributed by atoms with Crippen LogP contribution in [0.3, 0.4) is 0 Å². The maximum absolute atomic E-state index is 4.25. The van der Waals surface area contributed by atoms with Crippen molar-refractivity contribution < 1.29 is 0 Å². The summed E-state index contributed by atoms with van der Waals surface area (Å²) in [6.07, 6.45) is 2.27. The smallest absolute Gasteiger partial charge is 0.0798 e. The number of rotatable bonds is 3. The van der Waals surface area contributed by atoms with E-state index in [1.807, 2.05) is 5.51 Å². The summed E-state index contributed by atoms with van der Waals surface area (Å²) in [7, 11) is 0. The first-order valence-electron chi connectivity index (χ1n) is 3.40. The monoisotopic (exact) mass is 173 g/mol. The average molecular weight is 173 g/mol. The molecule has 0 N–H and O–H groups in total. The fraction of sp³-hybridized carbons (Fsp3) is 0.571. The maximum atomic E-state index is 4.25. The Morgan fingerprint density at radius 2 is 2.50 bits per heavy atom. The lowest BCUT2D eigenvalue weighted by Crippen LogP contribution is -1.86.